The van der Waals surface area contributed by atoms with Crippen molar-refractivity contribution in [3.05, 3.63) is 113 Å². The molecule has 0 aliphatic carbocycles. The van der Waals surface area contributed by atoms with E-state index in [-0.39, 0.29) is 39.4 Å². The third kappa shape index (κ3) is 4.61. The second kappa shape index (κ2) is 9.31. The first-order chi connectivity index (χ1) is 17.8. The molecule has 1 heterocycles. The van der Waals surface area contributed by atoms with Gasteiger partial charge in [-0.2, -0.15) is 0 Å². The fourth-order valence-corrected chi connectivity index (χ4v) is 3.90. The maximum absolute atomic E-state index is 13.2. The zero-order chi connectivity index (χ0) is 26.1. The molecular formula is C28H19N3O6. The summed E-state index contributed by atoms with van der Waals surface area (Å²) in [5.74, 6) is -2.01. The van der Waals surface area contributed by atoms with Crippen molar-refractivity contribution in [3.63, 3.8) is 0 Å². The lowest BCUT2D eigenvalue weighted by Gasteiger charge is -2.15. The van der Waals surface area contributed by atoms with Gasteiger partial charge >= 0.3 is 0 Å². The van der Waals surface area contributed by atoms with Crippen LogP contribution in [0.3, 0.4) is 0 Å². The van der Waals surface area contributed by atoms with Crippen LogP contribution in [0.25, 0.3) is 0 Å². The van der Waals surface area contributed by atoms with Crippen molar-refractivity contribution in [2.75, 3.05) is 15.5 Å². The number of benzene rings is 4. The summed E-state index contributed by atoms with van der Waals surface area (Å²) < 4.78 is 0. The minimum absolute atomic E-state index is 0.0571. The van der Waals surface area contributed by atoms with Crippen molar-refractivity contribution in [2.24, 2.45) is 0 Å². The molecule has 0 bridgehead atoms. The highest BCUT2D eigenvalue weighted by Crippen LogP contribution is 2.30. The number of aromatic hydroxyl groups is 2. The number of amides is 4. The fourth-order valence-electron chi connectivity index (χ4n) is 3.90. The number of phenolic OH excluding ortho intramolecular Hbond substituents is 2. The van der Waals surface area contributed by atoms with Crippen LogP contribution in [-0.2, 0) is 0 Å². The molecule has 1 aliphatic heterocycles. The van der Waals surface area contributed by atoms with Crippen LogP contribution in [0.1, 0.15) is 41.4 Å². The number of carbonyl (C=O) groups is 4. The van der Waals surface area contributed by atoms with E-state index in [9.17, 15) is 29.4 Å². The molecule has 9 heteroatoms. The van der Waals surface area contributed by atoms with Gasteiger partial charge in [-0.25, -0.2) is 4.90 Å². The van der Waals surface area contributed by atoms with Gasteiger partial charge < -0.3 is 20.8 Å². The summed E-state index contributed by atoms with van der Waals surface area (Å²) in [6.45, 7) is 0. The zero-order valence-corrected chi connectivity index (χ0v) is 19.1. The molecule has 5 rings (SSSR count). The number of phenols is 2. The maximum atomic E-state index is 13.2. The van der Waals surface area contributed by atoms with Gasteiger partial charge in [0.05, 0.1) is 16.8 Å². The quantitative estimate of drug-likeness (QED) is 0.240. The first-order valence-electron chi connectivity index (χ1n) is 11.1. The Labute approximate surface area is 210 Å². The third-order valence-corrected chi connectivity index (χ3v) is 5.77. The number of hydrogen-bond donors (Lipinski definition) is 4. The molecule has 1 aliphatic rings. The number of carbonyl (C=O) groups excluding carboxylic acids is 4. The normalized spacial score (nSPS) is 12.3. The summed E-state index contributed by atoms with van der Waals surface area (Å²) in [7, 11) is 0. The highest BCUT2D eigenvalue weighted by Gasteiger charge is 2.37. The third-order valence-electron chi connectivity index (χ3n) is 5.77. The van der Waals surface area contributed by atoms with Crippen LogP contribution in [0.2, 0.25) is 0 Å². The van der Waals surface area contributed by atoms with E-state index in [2.05, 4.69) is 10.6 Å². The smallest absolute Gasteiger partial charge is 0.266 e. The molecule has 4 aromatic carbocycles. The number of hydrogen-bond acceptors (Lipinski definition) is 6. The Morgan fingerprint density at radius 1 is 0.595 bits per heavy atom. The summed E-state index contributed by atoms with van der Waals surface area (Å²) in [5, 5.41) is 24.2. The number of rotatable bonds is 5. The van der Waals surface area contributed by atoms with Gasteiger partial charge in [0.1, 0.15) is 11.5 Å². The SMILES string of the molecule is O=C(Nc1ccc(O)cc1)c1cccc(N2C(=O)c3ccc(C(=O)Nc4ccc(O)cc4)cc3C2=O)c1. The van der Waals surface area contributed by atoms with Crippen molar-refractivity contribution >= 4 is 40.7 Å². The number of nitrogens with zero attached hydrogens (tertiary/aromatic N) is 1. The highest BCUT2D eigenvalue weighted by molar-refractivity contribution is 6.35. The molecule has 37 heavy (non-hydrogen) atoms. The average Bonchev–Trinajstić information content (AvgIpc) is 3.15. The average molecular weight is 493 g/mol. The van der Waals surface area contributed by atoms with Crippen molar-refractivity contribution in [2.45, 2.75) is 0 Å². The van der Waals surface area contributed by atoms with Crippen molar-refractivity contribution < 1.29 is 29.4 Å². The van der Waals surface area contributed by atoms with Gasteiger partial charge in [0.2, 0.25) is 0 Å². The second-order valence-corrected chi connectivity index (χ2v) is 8.26. The van der Waals surface area contributed by atoms with Crippen molar-refractivity contribution in [3.8, 4) is 11.5 Å². The predicted octanol–water partition coefficient (Wildman–Crippen LogP) is 4.40. The van der Waals surface area contributed by atoms with E-state index in [1.54, 1.807) is 12.1 Å². The molecule has 0 radical (unpaired) electrons. The molecule has 182 valence electrons. The minimum atomic E-state index is -0.615. The van der Waals surface area contributed by atoms with E-state index in [4.69, 9.17) is 0 Å². The Balaban J connectivity index is 1.37. The summed E-state index contributed by atoms with van der Waals surface area (Å²) in [4.78, 5) is 52.6. The largest absolute Gasteiger partial charge is 0.508 e. The van der Waals surface area contributed by atoms with Crippen LogP contribution in [0.15, 0.2) is 91.0 Å². The molecule has 0 saturated carbocycles. The Kier molecular flexibility index (Phi) is 5.86. The van der Waals surface area contributed by atoms with Gasteiger partial charge in [0, 0.05) is 22.5 Å². The molecule has 0 atom stereocenters. The first kappa shape index (κ1) is 23.3. The number of imide groups is 1. The molecule has 0 unspecified atom stereocenters. The van der Waals surface area contributed by atoms with Crippen LogP contribution in [0.5, 0.6) is 11.5 Å². The van der Waals surface area contributed by atoms with E-state index in [0.29, 0.717) is 11.4 Å². The van der Waals surface area contributed by atoms with Gasteiger partial charge in [-0.05, 0) is 84.9 Å². The number of nitrogens with one attached hydrogen (secondary N) is 2. The Hall–Kier alpha value is -5.44. The van der Waals surface area contributed by atoms with E-state index in [1.807, 2.05) is 0 Å². The van der Waals surface area contributed by atoms with Crippen molar-refractivity contribution in [1.29, 1.82) is 0 Å². The monoisotopic (exact) mass is 493 g/mol. The van der Waals surface area contributed by atoms with Crippen LogP contribution in [0.4, 0.5) is 17.1 Å². The molecule has 4 N–H and O–H groups in total. The molecule has 0 saturated heterocycles. The highest BCUT2D eigenvalue weighted by atomic mass is 16.3. The van der Waals surface area contributed by atoms with E-state index in [1.165, 1.54) is 78.9 Å². The fraction of sp³-hybridized carbons (Fsp3) is 0. The minimum Gasteiger partial charge on any atom is -0.508 e. The van der Waals surface area contributed by atoms with Gasteiger partial charge in [-0.15, -0.1) is 0 Å². The zero-order valence-electron chi connectivity index (χ0n) is 19.1. The number of anilines is 3. The van der Waals surface area contributed by atoms with Gasteiger partial charge in [-0.1, -0.05) is 6.07 Å². The van der Waals surface area contributed by atoms with Crippen LogP contribution in [0, 0.1) is 0 Å². The van der Waals surface area contributed by atoms with Gasteiger partial charge in [0.15, 0.2) is 0 Å². The van der Waals surface area contributed by atoms with Crippen LogP contribution < -0.4 is 15.5 Å². The standard InChI is InChI=1S/C28H19N3O6/c32-21-9-5-18(6-10-21)29-25(34)16-2-1-3-20(14-16)31-27(36)23-13-4-17(15-24(23)28(31)37)26(35)30-19-7-11-22(33)12-8-19/h1-15,32-33H,(H,29,34)(H,30,35). The Bertz CT molecular complexity index is 1560. The number of fused-ring (bicyclic) bond motifs is 1. The molecule has 4 amide bonds. The van der Waals surface area contributed by atoms with E-state index >= 15 is 0 Å². The van der Waals surface area contributed by atoms with Crippen LogP contribution >= 0.6 is 0 Å². The summed E-state index contributed by atoms with van der Waals surface area (Å²) in [6, 6.07) is 22.2. The van der Waals surface area contributed by atoms with Gasteiger partial charge in [0.25, 0.3) is 23.6 Å². The molecule has 0 spiro atoms. The second-order valence-electron chi connectivity index (χ2n) is 8.26. The summed E-state index contributed by atoms with van der Waals surface area (Å²) in [6.07, 6.45) is 0. The molecule has 0 aromatic heterocycles. The van der Waals surface area contributed by atoms with Crippen LogP contribution in [-0.4, -0.2) is 33.8 Å². The lowest BCUT2D eigenvalue weighted by atomic mass is 10.1. The summed E-state index contributed by atoms with van der Waals surface area (Å²) in [5.41, 5.74) is 1.74. The van der Waals surface area contributed by atoms with E-state index < -0.39 is 23.6 Å². The molecule has 0 fully saturated rings. The molecule has 9 nitrogen and oxygen atoms in total. The molecule has 4 aromatic rings. The first-order valence-corrected chi connectivity index (χ1v) is 11.1. The maximum Gasteiger partial charge on any atom is 0.266 e. The van der Waals surface area contributed by atoms with E-state index in [0.717, 1.165) is 4.90 Å². The molecular weight excluding hydrogens is 474 g/mol. The predicted molar refractivity (Wildman–Crippen MR) is 136 cm³/mol. The topological polar surface area (TPSA) is 136 Å². The van der Waals surface area contributed by atoms with Crippen molar-refractivity contribution in [1.82, 2.24) is 0 Å². The summed E-state index contributed by atoms with van der Waals surface area (Å²) >= 11 is 0. The lowest BCUT2D eigenvalue weighted by Crippen LogP contribution is -2.29. The van der Waals surface area contributed by atoms with Gasteiger partial charge in [-0.3, -0.25) is 19.2 Å². The Morgan fingerprint density at radius 2 is 1.11 bits per heavy atom. The lowest BCUT2D eigenvalue weighted by molar-refractivity contribution is 0.0923. The Morgan fingerprint density at radius 3 is 1.68 bits per heavy atom.